The molecule has 0 saturated carbocycles. The summed E-state index contributed by atoms with van der Waals surface area (Å²) < 4.78 is 16.9. The third-order valence-electron chi connectivity index (χ3n) is 4.19. The smallest absolute Gasteiger partial charge is 0.261 e. The molecule has 0 aliphatic carbocycles. The molecule has 0 saturated heterocycles. The highest BCUT2D eigenvalue weighted by molar-refractivity contribution is 6.32. The summed E-state index contributed by atoms with van der Waals surface area (Å²) in [7, 11) is 0. The zero-order valence-electron chi connectivity index (χ0n) is 14.8. The van der Waals surface area contributed by atoms with E-state index in [1.54, 1.807) is 12.1 Å². The van der Waals surface area contributed by atoms with Gasteiger partial charge >= 0.3 is 0 Å². The number of rotatable bonds is 6. The molecule has 5 nitrogen and oxygen atoms in total. The molecule has 1 aliphatic heterocycles. The van der Waals surface area contributed by atoms with Gasteiger partial charge in [-0.25, -0.2) is 0 Å². The first-order valence-electron chi connectivity index (χ1n) is 8.69. The van der Waals surface area contributed by atoms with Crippen molar-refractivity contribution in [2.45, 2.75) is 32.4 Å². The fraction of sp³-hybridized carbons (Fsp3) is 0.350. The van der Waals surface area contributed by atoms with Gasteiger partial charge in [-0.2, -0.15) is 0 Å². The SMILES string of the molecule is CC[C@H](Oc1ccccc1Cl)C(=O)N[C@@H](C)c1ccc2c(c1)OCCO2. The highest BCUT2D eigenvalue weighted by Gasteiger charge is 2.22. The second-order valence-corrected chi connectivity index (χ2v) is 6.49. The third kappa shape index (κ3) is 4.22. The molecule has 0 aromatic heterocycles. The molecule has 0 radical (unpaired) electrons. The number of ether oxygens (including phenoxy) is 3. The van der Waals surface area contributed by atoms with E-state index in [4.69, 9.17) is 25.8 Å². The fourth-order valence-electron chi connectivity index (χ4n) is 2.73. The van der Waals surface area contributed by atoms with Gasteiger partial charge in [0, 0.05) is 0 Å². The topological polar surface area (TPSA) is 56.8 Å². The van der Waals surface area contributed by atoms with Crippen LogP contribution >= 0.6 is 11.6 Å². The van der Waals surface area contributed by atoms with Crippen molar-refractivity contribution in [3.05, 3.63) is 53.1 Å². The standard InChI is InChI=1S/C20H22ClNO4/c1-3-16(26-17-7-5-4-6-15(17)21)20(23)22-13(2)14-8-9-18-19(12-14)25-11-10-24-18/h4-9,12-13,16H,3,10-11H2,1-2H3,(H,22,23)/t13-,16-/m0/s1. The quantitative estimate of drug-likeness (QED) is 0.824. The van der Waals surface area contributed by atoms with Crippen LogP contribution in [0.25, 0.3) is 0 Å². The van der Waals surface area contributed by atoms with Crippen LogP contribution < -0.4 is 19.5 Å². The van der Waals surface area contributed by atoms with Crippen LogP contribution in [0.15, 0.2) is 42.5 Å². The normalized spacial score (nSPS) is 15.0. The second-order valence-electron chi connectivity index (χ2n) is 6.08. The highest BCUT2D eigenvalue weighted by atomic mass is 35.5. The van der Waals surface area contributed by atoms with Crippen LogP contribution in [0.3, 0.4) is 0 Å². The minimum absolute atomic E-state index is 0.185. The molecule has 0 spiro atoms. The molecular formula is C20H22ClNO4. The first-order valence-corrected chi connectivity index (χ1v) is 9.07. The van der Waals surface area contributed by atoms with Gasteiger partial charge < -0.3 is 19.5 Å². The summed E-state index contributed by atoms with van der Waals surface area (Å²) in [6, 6.07) is 12.6. The van der Waals surface area contributed by atoms with Crippen LogP contribution in [0.2, 0.25) is 5.02 Å². The molecule has 0 fully saturated rings. The fourth-order valence-corrected chi connectivity index (χ4v) is 2.92. The Morgan fingerprint density at radius 2 is 1.92 bits per heavy atom. The highest BCUT2D eigenvalue weighted by Crippen LogP contribution is 2.32. The molecule has 1 heterocycles. The summed E-state index contributed by atoms with van der Waals surface area (Å²) in [4.78, 5) is 12.6. The number of carbonyl (C=O) groups excluding carboxylic acids is 1. The van der Waals surface area contributed by atoms with Crippen molar-refractivity contribution in [2.75, 3.05) is 13.2 Å². The van der Waals surface area contributed by atoms with E-state index in [0.717, 1.165) is 11.3 Å². The van der Waals surface area contributed by atoms with Crippen molar-refractivity contribution in [3.8, 4) is 17.2 Å². The van der Waals surface area contributed by atoms with E-state index in [9.17, 15) is 4.79 Å². The molecule has 2 atom stereocenters. The van der Waals surface area contributed by atoms with Crippen molar-refractivity contribution in [1.29, 1.82) is 0 Å². The van der Waals surface area contributed by atoms with Gasteiger partial charge in [-0.15, -0.1) is 0 Å². The van der Waals surface area contributed by atoms with E-state index >= 15 is 0 Å². The Morgan fingerprint density at radius 1 is 1.19 bits per heavy atom. The van der Waals surface area contributed by atoms with Gasteiger partial charge in [-0.05, 0) is 43.2 Å². The number of fused-ring (bicyclic) bond motifs is 1. The zero-order valence-corrected chi connectivity index (χ0v) is 15.6. The maximum atomic E-state index is 12.6. The van der Waals surface area contributed by atoms with Gasteiger partial charge in [-0.1, -0.05) is 36.7 Å². The average molecular weight is 376 g/mol. The lowest BCUT2D eigenvalue weighted by atomic mass is 10.1. The Bertz CT molecular complexity index is 780. The molecule has 26 heavy (non-hydrogen) atoms. The maximum Gasteiger partial charge on any atom is 0.261 e. The number of hydrogen-bond acceptors (Lipinski definition) is 4. The molecule has 6 heteroatoms. The van der Waals surface area contributed by atoms with Crippen molar-refractivity contribution >= 4 is 17.5 Å². The van der Waals surface area contributed by atoms with Gasteiger partial charge in [-0.3, -0.25) is 4.79 Å². The van der Waals surface area contributed by atoms with Crippen LogP contribution in [0.1, 0.15) is 31.9 Å². The van der Waals surface area contributed by atoms with Gasteiger partial charge in [0.1, 0.15) is 19.0 Å². The van der Waals surface area contributed by atoms with Gasteiger partial charge in [0.2, 0.25) is 0 Å². The molecule has 0 unspecified atom stereocenters. The van der Waals surface area contributed by atoms with Crippen LogP contribution in [-0.4, -0.2) is 25.2 Å². The maximum absolute atomic E-state index is 12.6. The predicted molar refractivity (Wildman–Crippen MR) is 100 cm³/mol. The number of para-hydroxylation sites is 1. The number of benzene rings is 2. The predicted octanol–water partition coefficient (Wildman–Crippen LogP) is 4.15. The second kappa shape index (κ2) is 8.32. The average Bonchev–Trinajstić information content (AvgIpc) is 2.66. The van der Waals surface area contributed by atoms with E-state index < -0.39 is 6.10 Å². The largest absolute Gasteiger partial charge is 0.486 e. The van der Waals surface area contributed by atoms with Crippen LogP contribution in [-0.2, 0) is 4.79 Å². The Balaban J connectivity index is 1.66. The van der Waals surface area contributed by atoms with Crippen LogP contribution in [0, 0.1) is 0 Å². The third-order valence-corrected chi connectivity index (χ3v) is 4.51. The Morgan fingerprint density at radius 3 is 2.65 bits per heavy atom. The lowest BCUT2D eigenvalue weighted by Crippen LogP contribution is -2.39. The summed E-state index contributed by atoms with van der Waals surface area (Å²) in [6.07, 6.45) is -0.0835. The molecule has 2 aromatic carbocycles. The molecule has 138 valence electrons. The van der Waals surface area contributed by atoms with Crippen LogP contribution in [0.5, 0.6) is 17.2 Å². The lowest BCUT2D eigenvalue weighted by molar-refractivity contribution is -0.128. The first kappa shape index (κ1) is 18.4. The number of carbonyl (C=O) groups is 1. The molecule has 1 N–H and O–H groups in total. The van der Waals surface area contributed by atoms with Gasteiger partial charge in [0.05, 0.1) is 11.1 Å². The van der Waals surface area contributed by atoms with Crippen molar-refractivity contribution in [2.24, 2.45) is 0 Å². The molecule has 1 aliphatic rings. The van der Waals surface area contributed by atoms with E-state index in [1.165, 1.54) is 0 Å². The van der Waals surface area contributed by atoms with E-state index in [2.05, 4.69) is 5.32 Å². The Labute approximate surface area is 158 Å². The van der Waals surface area contributed by atoms with Crippen molar-refractivity contribution in [3.63, 3.8) is 0 Å². The van der Waals surface area contributed by atoms with Crippen LogP contribution in [0.4, 0.5) is 0 Å². The van der Waals surface area contributed by atoms with Gasteiger partial charge in [0.15, 0.2) is 17.6 Å². The van der Waals surface area contributed by atoms with E-state index in [0.29, 0.717) is 36.2 Å². The Hall–Kier alpha value is -2.40. The van der Waals surface area contributed by atoms with Crippen molar-refractivity contribution in [1.82, 2.24) is 5.32 Å². The zero-order chi connectivity index (χ0) is 18.5. The van der Waals surface area contributed by atoms with E-state index in [-0.39, 0.29) is 11.9 Å². The monoisotopic (exact) mass is 375 g/mol. The molecule has 1 amide bonds. The molecule has 2 aromatic rings. The summed E-state index contributed by atoms with van der Waals surface area (Å²) in [5, 5.41) is 3.48. The lowest BCUT2D eigenvalue weighted by Gasteiger charge is -2.23. The number of nitrogens with one attached hydrogen (secondary N) is 1. The minimum Gasteiger partial charge on any atom is -0.486 e. The van der Waals surface area contributed by atoms with Crippen molar-refractivity contribution < 1.29 is 19.0 Å². The molecule has 3 rings (SSSR count). The summed E-state index contributed by atoms with van der Waals surface area (Å²) in [5.74, 6) is 1.75. The Kier molecular flexibility index (Phi) is 5.89. The van der Waals surface area contributed by atoms with Gasteiger partial charge in [0.25, 0.3) is 5.91 Å². The van der Waals surface area contributed by atoms with E-state index in [1.807, 2.05) is 44.2 Å². The first-order chi connectivity index (χ1) is 12.6. The number of amides is 1. The summed E-state index contributed by atoms with van der Waals surface area (Å²) in [5.41, 5.74) is 0.940. The number of halogens is 1. The summed E-state index contributed by atoms with van der Waals surface area (Å²) in [6.45, 7) is 4.90. The molecule has 0 bridgehead atoms. The minimum atomic E-state index is -0.616. The number of hydrogen-bond donors (Lipinski definition) is 1. The summed E-state index contributed by atoms with van der Waals surface area (Å²) >= 11 is 6.12. The molecular weight excluding hydrogens is 354 g/mol.